The van der Waals surface area contributed by atoms with Gasteiger partial charge in [-0.15, -0.1) is 11.3 Å². The lowest BCUT2D eigenvalue weighted by atomic mass is 10.1. The monoisotopic (exact) mass is 296 g/mol. The third-order valence-corrected chi connectivity index (χ3v) is 3.75. The van der Waals surface area contributed by atoms with Crippen molar-refractivity contribution in [2.45, 2.75) is 39.3 Å². The molecule has 1 aromatic heterocycles. The number of thiazole rings is 1. The van der Waals surface area contributed by atoms with Gasteiger partial charge in [0.2, 0.25) is 0 Å². The standard InChI is InChI=1S/C15H18F2N2S/c1-15(2,3)19-9-12-8-18-14(20-12)6-10-4-5-11(16)7-13(10)17/h4-5,7-8,19H,6,9H2,1-3H3. The van der Waals surface area contributed by atoms with E-state index in [-0.39, 0.29) is 5.54 Å². The van der Waals surface area contributed by atoms with Gasteiger partial charge < -0.3 is 5.32 Å². The Morgan fingerprint density at radius 1 is 1.25 bits per heavy atom. The second-order valence-electron chi connectivity index (χ2n) is 5.74. The third kappa shape index (κ3) is 4.35. The van der Waals surface area contributed by atoms with Gasteiger partial charge in [0.15, 0.2) is 0 Å². The van der Waals surface area contributed by atoms with E-state index in [4.69, 9.17) is 0 Å². The Hall–Kier alpha value is -1.33. The minimum Gasteiger partial charge on any atom is -0.307 e. The lowest BCUT2D eigenvalue weighted by Gasteiger charge is -2.19. The van der Waals surface area contributed by atoms with Gasteiger partial charge in [-0.2, -0.15) is 0 Å². The van der Waals surface area contributed by atoms with Gasteiger partial charge in [-0.1, -0.05) is 6.07 Å². The summed E-state index contributed by atoms with van der Waals surface area (Å²) in [5.41, 5.74) is 0.517. The predicted octanol–water partition coefficient (Wildman–Crippen LogP) is 3.90. The molecule has 20 heavy (non-hydrogen) atoms. The molecule has 0 radical (unpaired) electrons. The number of halogens is 2. The van der Waals surface area contributed by atoms with Gasteiger partial charge in [0, 0.05) is 35.6 Å². The van der Waals surface area contributed by atoms with Crippen molar-refractivity contribution >= 4 is 11.3 Å². The fourth-order valence-electron chi connectivity index (χ4n) is 1.69. The smallest absolute Gasteiger partial charge is 0.129 e. The number of nitrogens with one attached hydrogen (secondary N) is 1. The van der Waals surface area contributed by atoms with Crippen LogP contribution < -0.4 is 5.32 Å². The van der Waals surface area contributed by atoms with Crippen molar-refractivity contribution in [3.63, 3.8) is 0 Å². The Balaban J connectivity index is 2.02. The van der Waals surface area contributed by atoms with E-state index in [9.17, 15) is 8.78 Å². The zero-order valence-electron chi connectivity index (χ0n) is 11.8. The first-order valence-electron chi connectivity index (χ1n) is 6.46. The number of rotatable bonds is 4. The molecule has 1 heterocycles. The minimum atomic E-state index is -0.555. The van der Waals surface area contributed by atoms with Gasteiger partial charge in [-0.05, 0) is 32.4 Å². The average Bonchev–Trinajstić information content (AvgIpc) is 2.77. The first kappa shape index (κ1) is 15.1. The predicted molar refractivity (Wildman–Crippen MR) is 77.9 cm³/mol. The van der Waals surface area contributed by atoms with Crippen LogP contribution in [0.25, 0.3) is 0 Å². The third-order valence-electron chi connectivity index (χ3n) is 2.75. The Morgan fingerprint density at radius 3 is 2.65 bits per heavy atom. The van der Waals surface area contributed by atoms with Crippen LogP contribution in [0, 0.1) is 11.6 Å². The van der Waals surface area contributed by atoms with Gasteiger partial charge in [-0.25, -0.2) is 13.8 Å². The van der Waals surface area contributed by atoms with E-state index in [1.54, 1.807) is 17.5 Å². The van der Waals surface area contributed by atoms with E-state index >= 15 is 0 Å². The SMILES string of the molecule is CC(C)(C)NCc1cnc(Cc2ccc(F)cc2F)s1. The molecule has 2 aromatic rings. The van der Waals surface area contributed by atoms with E-state index in [2.05, 4.69) is 31.1 Å². The molecule has 0 aliphatic carbocycles. The zero-order valence-corrected chi connectivity index (χ0v) is 12.7. The van der Waals surface area contributed by atoms with Gasteiger partial charge in [0.25, 0.3) is 0 Å². The maximum atomic E-state index is 13.6. The van der Waals surface area contributed by atoms with Crippen LogP contribution in [0.4, 0.5) is 8.78 Å². The highest BCUT2D eigenvalue weighted by atomic mass is 32.1. The molecule has 0 spiro atoms. The summed E-state index contributed by atoms with van der Waals surface area (Å²) in [6.07, 6.45) is 2.20. The summed E-state index contributed by atoms with van der Waals surface area (Å²) in [7, 11) is 0. The maximum absolute atomic E-state index is 13.6. The number of benzene rings is 1. The fraction of sp³-hybridized carbons (Fsp3) is 0.400. The highest BCUT2D eigenvalue weighted by molar-refractivity contribution is 7.11. The number of hydrogen-bond acceptors (Lipinski definition) is 3. The van der Waals surface area contributed by atoms with Crippen LogP contribution in [-0.4, -0.2) is 10.5 Å². The van der Waals surface area contributed by atoms with Crippen molar-refractivity contribution in [2.75, 3.05) is 0 Å². The summed E-state index contributed by atoms with van der Waals surface area (Å²) in [4.78, 5) is 5.40. The highest BCUT2D eigenvalue weighted by Crippen LogP contribution is 2.19. The molecule has 1 N–H and O–H groups in total. The van der Waals surface area contributed by atoms with E-state index in [1.807, 2.05) is 0 Å². The molecule has 5 heteroatoms. The summed E-state index contributed by atoms with van der Waals surface area (Å²) in [6, 6.07) is 3.65. The highest BCUT2D eigenvalue weighted by Gasteiger charge is 2.11. The number of nitrogens with zero attached hydrogens (tertiary/aromatic N) is 1. The van der Waals surface area contributed by atoms with Crippen molar-refractivity contribution in [2.24, 2.45) is 0 Å². The minimum absolute atomic E-state index is 0.0488. The first-order valence-corrected chi connectivity index (χ1v) is 7.28. The van der Waals surface area contributed by atoms with Crippen LogP contribution in [0.15, 0.2) is 24.4 Å². The summed E-state index contributed by atoms with van der Waals surface area (Å²) in [5, 5.41) is 4.22. The molecule has 1 aromatic carbocycles. The molecule has 0 atom stereocenters. The quantitative estimate of drug-likeness (QED) is 0.925. The van der Waals surface area contributed by atoms with E-state index < -0.39 is 11.6 Å². The van der Waals surface area contributed by atoms with Crippen molar-refractivity contribution in [1.82, 2.24) is 10.3 Å². The van der Waals surface area contributed by atoms with Crippen molar-refractivity contribution in [3.8, 4) is 0 Å². The molecule has 0 bridgehead atoms. The molecule has 0 aliphatic rings. The number of hydrogen-bond donors (Lipinski definition) is 1. The molecule has 0 fully saturated rings. The fourth-order valence-corrected chi connectivity index (χ4v) is 2.58. The second-order valence-corrected chi connectivity index (χ2v) is 6.94. The molecule has 0 aliphatic heterocycles. The molecule has 0 unspecified atom stereocenters. The maximum Gasteiger partial charge on any atom is 0.129 e. The Bertz CT molecular complexity index is 588. The normalized spacial score (nSPS) is 11.8. The Labute approximate surface area is 121 Å². The van der Waals surface area contributed by atoms with Crippen molar-refractivity contribution in [1.29, 1.82) is 0 Å². The average molecular weight is 296 g/mol. The van der Waals surface area contributed by atoms with E-state index in [0.29, 0.717) is 12.0 Å². The van der Waals surface area contributed by atoms with Crippen molar-refractivity contribution in [3.05, 3.63) is 51.5 Å². The summed E-state index contributed by atoms with van der Waals surface area (Å²) < 4.78 is 26.4. The first-order chi connectivity index (χ1) is 9.33. The molecule has 0 amide bonds. The van der Waals surface area contributed by atoms with E-state index in [0.717, 1.165) is 22.5 Å². The van der Waals surface area contributed by atoms with Gasteiger partial charge in [-0.3, -0.25) is 0 Å². The lowest BCUT2D eigenvalue weighted by Crippen LogP contribution is -2.34. The van der Waals surface area contributed by atoms with Crippen LogP contribution in [0.2, 0.25) is 0 Å². The largest absolute Gasteiger partial charge is 0.307 e. The molecule has 0 saturated carbocycles. The van der Waals surface area contributed by atoms with Gasteiger partial charge >= 0.3 is 0 Å². The summed E-state index contributed by atoms with van der Waals surface area (Å²) in [6.45, 7) is 7.04. The van der Waals surface area contributed by atoms with Gasteiger partial charge in [0.1, 0.15) is 11.6 Å². The summed E-state index contributed by atoms with van der Waals surface area (Å²) >= 11 is 1.55. The van der Waals surface area contributed by atoms with Crippen LogP contribution in [0.1, 0.15) is 36.2 Å². The van der Waals surface area contributed by atoms with Crippen LogP contribution in [0.3, 0.4) is 0 Å². The molecule has 108 valence electrons. The molecule has 2 nitrogen and oxygen atoms in total. The van der Waals surface area contributed by atoms with Crippen LogP contribution in [0.5, 0.6) is 0 Å². The Kier molecular flexibility index (Phi) is 4.50. The zero-order chi connectivity index (χ0) is 14.8. The van der Waals surface area contributed by atoms with Crippen molar-refractivity contribution < 1.29 is 8.78 Å². The molecule has 2 rings (SSSR count). The molecular formula is C15H18F2N2S. The molecule has 0 saturated heterocycles. The topological polar surface area (TPSA) is 24.9 Å². The lowest BCUT2D eigenvalue weighted by molar-refractivity contribution is 0.426. The molecular weight excluding hydrogens is 278 g/mol. The van der Waals surface area contributed by atoms with Crippen LogP contribution >= 0.6 is 11.3 Å². The number of aromatic nitrogens is 1. The second kappa shape index (κ2) is 5.97. The van der Waals surface area contributed by atoms with Gasteiger partial charge in [0.05, 0.1) is 5.01 Å². The van der Waals surface area contributed by atoms with E-state index in [1.165, 1.54) is 12.1 Å². The Morgan fingerprint density at radius 2 is 2.00 bits per heavy atom. The summed E-state index contributed by atoms with van der Waals surface area (Å²) in [5.74, 6) is -1.07. The van der Waals surface area contributed by atoms with Crippen LogP contribution in [-0.2, 0) is 13.0 Å².